The first kappa shape index (κ1) is 24.1. The Morgan fingerprint density at radius 1 is 1.09 bits per heavy atom. The number of benzene rings is 2. The highest BCUT2D eigenvalue weighted by Gasteiger charge is 2.26. The minimum absolute atomic E-state index is 0.108. The third kappa shape index (κ3) is 7.00. The molecule has 3 rings (SSSR count). The molecule has 1 fully saturated rings. The SMILES string of the molecule is COc1ccccc1C(=O)N[C@H](CCSC)C(=O)NC1CCN(Cc2ccccc2)CC1. The number of carbonyl (C=O) groups is 2. The molecule has 2 aromatic rings. The maximum atomic E-state index is 13.0. The van der Waals surface area contributed by atoms with Gasteiger partial charge in [-0.15, -0.1) is 0 Å². The number of methoxy groups -OCH3 is 1. The normalized spacial score (nSPS) is 15.7. The predicted molar refractivity (Wildman–Crippen MR) is 130 cm³/mol. The lowest BCUT2D eigenvalue weighted by atomic mass is 10.0. The van der Waals surface area contributed by atoms with E-state index in [4.69, 9.17) is 4.74 Å². The van der Waals surface area contributed by atoms with Crippen molar-refractivity contribution in [3.05, 3.63) is 65.7 Å². The summed E-state index contributed by atoms with van der Waals surface area (Å²) in [5, 5.41) is 6.10. The van der Waals surface area contributed by atoms with Crippen LogP contribution in [0.1, 0.15) is 35.2 Å². The number of hydrogen-bond donors (Lipinski definition) is 2. The van der Waals surface area contributed by atoms with Crippen LogP contribution in [0.4, 0.5) is 0 Å². The molecule has 0 spiro atoms. The van der Waals surface area contributed by atoms with Crippen LogP contribution in [0.3, 0.4) is 0 Å². The zero-order chi connectivity index (χ0) is 22.8. The first-order valence-electron chi connectivity index (χ1n) is 11.1. The molecule has 0 radical (unpaired) electrons. The molecule has 0 aromatic heterocycles. The van der Waals surface area contributed by atoms with Crippen molar-refractivity contribution in [1.29, 1.82) is 0 Å². The molecule has 2 aromatic carbocycles. The number of nitrogens with zero attached hydrogens (tertiary/aromatic N) is 1. The van der Waals surface area contributed by atoms with Gasteiger partial charge >= 0.3 is 0 Å². The van der Waals surface area contributed by atoms with Crippen molar-refractivity contribution in [2.24, 2.45) is 0 Å². The average Bonchev–Trinajstić information content (AvgIpc) is 2.83. The van der Waals surface area contributed by atoms with Crippen molar-refractivity contribution < 1.29 is 14.3 Å². The minimum atomic E-state index is -0.567. The zero-order valence-electron chi connectivity index (χ0n) is 18.9. The maximum absolute atomic E-state index is 13.0. The number of para-hydroxylation sites is 1. The number of likely N-dealkylation sites (tertiary alicyclic amines) is 1. The Labute approximate surface area is 195 Å². The third-order valence-corrected chi connectivity index (χ3v) is 6.41. The van der Waals surface area contributed by atoms with Gasteiger partial charge in [-0.2, -0.15) is 11.8 Å². The van der Waals surface area contributed by atoms with Gasteiger partial charge in [0, 0.05) is 25.7 Å². The Balaban J connectivity index is 1.54. The van der Waals surface area contributed by atoms with E-state index in [1.807, 2.05) is 18.4 Å². The van der Waals surface area contributed by atoms with Crippen molar-refractivity contribution in [2.45, 2.75) is 37.9 Å². The van der Waals surface area contributed by atoms with Crippen molar-refractivity contribution in [3.63, 3.8) is 0 Å². The summed E-state index contributed by atoms with van der Waals surface area (Å²) in [5.41, 5.74) is 1.75. The highest BCUT2D eigenvalue weighted by molar-refractivity contribution is 7.98. The summed E-state index contributed by atoms with van der Waals surface area (Å²) >= 11 is 1.66. The monoisotopic (exact) mass is 455 g/mol. The Morgan fingerprint density at radius 3 is 2.47 bits per heavy atom. The van der Waals surface area contributed by atoms with Crippen molar-refractivity contribution in [2.75, 3.05) is 32.2 Å². The van der Waals surface area contributed by atoms with E-state index in [9.17, 15) is 9.59 Å². The molecule has 0 bridgehead atoms. The number of carbonyl (C=O) groups excluding carboxylic acids is 2. The number of hydrogen-bond acceptors (Lipinski definition) is 5. The maximum Gasteiger partial charge on any atom is 0.255 e. The van der Waals surface area contributed by atoms with Gasteiger partial charge < -0.3 is 15.4 Å². The van der Waals surface area contributed by atoms with Gasteiger partial charge in [-0.3, -0.25) is 14.5 Å². The first-order valence-corrected chi connectivity index (χ1v) is 12.5. The Kier molecular flexibility index (Phi) is 9.43. The number of rotatable bonds is 10. The number of amides is 2. The summed E-state index contributed by atoms with van der Waals surface area (Å²) in [5.74, 6) is 0.893. The summed E-state index contributed by atoms with van der Waals surface area (Å²) in [6.45, 7) is 2.83. The second-order valence-corrected chi connectivity index (χ2v) is 9.04. The van der Waals surface area contributed by atoms with E-state index in [0.29, 0.717) is 17.7 Å². The van der Waals surface area contributed by atoms with E-state index in [1.54, 1.807) is 30.0 Å². The van der Waals surface area contributed by atoms with E-state index < -0.39 is 6.04 Å². The molecule has 172 valence electrons. The fraction of sp³-hybridized carbons (Fsp3) is 0.440. The topological polar surface area (TPSA) is 70.7 Å². The van der Waals surface area contributed by atoms with Crippen molar-refractivity contribution >= 4 is 23.6 Å². The van der Waals surface area contributed by atoms with E-state index in [-0.39, 0.29) is 17.9 Å². The van der Waals surface area contributed by atoms with Crippen LogP contribution in [0, 0.1) is 0 Å². The van der Waals surface area contributed by atoms with Gasteiger partial charge in [0.05, 0.1) is 12.7 Å². The van der Waals surface area contributed by atoms with Gasteiger partial charge in [0.25, 0.3) is 5.91 Å². The Hall–Kier alpha value is -2.51. The highest BCUT2D eigenvalue weighted by Crippen LogP contribution is 2.18. The Morgan fingerprint density at radius 2 is 1.78 bits per heavy atom. The van der Waals surface area contributed by atoms with Gasteiger partial charge in [0.2, 0.25) is 5.91 Å². The molecule has 1 atom stereocenters. The quantitative estimate of drug-likeness (QED) is 0.575. The molecule has 2 amide bonds. The van der Waals surface area contributed by atoms with Crippen molar-refractivity contribution in [1.82, 2.24) is 15.5 Å². The molecule has 1 saturated heterocycles. The van der Waals surface area contributed by atoms with Crippen LogP contribution in [0.25, 0.3) is 0 Å². The number of nitrogens with one attached hydrogen (secondary N) is 2. The molecule has 2 N–H and O–H groups in total. The van der Waals surface area contributed by atoms with E-state index in [1.165, 1.54) is 12.7 Å². The Bertz CT molecular complexity index is 870. The first-order chi connectivity index (χ1) is 15.6. The van der Waals surface area contributed by atoms with Gasteiger partial charge in [-0.25, -0.2) is 0 Å². The van der Waals surface area contributed by atoms with E-state index >= 15 is 0 Å². The van der Waals surface area contributed by atoms with E-state index in [0.717, 1.165) is 38.2 Å². The summed E-state index contributed by atoms with van der Waals surface area (Å²) < 4.78 is 5.29. The minimum Gasteiger partial charge on any atom is -0.496 e. The standard InChI is InChI=1S/C25H33N3O3S/c1-31-23-11-7-6-10-21(23)24(29)27-22(14-17-32-2)25(30)26-20-12-15-28(16-13-20)18-19-8-4-3-5-9-19/h3-11,20,22H,12-18H2,1-2H3,(H,26,30)(H,27,29)/t22-/m1/s1. The molecule has 6 nitrogen and oxygen atoms in total. The molecule has 0 aliphatic carbocycles. The van der Waals surface area contributed by atoms with E-state index in [2.05, 4.69) is 39.8 Å². The van der Waals surface area contributed by atoms with Crippen LogP contribution in [-0.4, -0.2) is 61.0 Å². The average molecular weight is 456 g/mol. The second-order valence-electron chi connectivity index (χ2n) is 8.05. The molecular formula is C25H33N3O3S. The highest BCUT2D eigenvalue weighted by atomic mass is 32.2. The molecule has 1 aliphatic rings. The second kappa shape index (κ2) is 12.5. The molecule has 0 unspecified atom stereocenters. The van der Waals surface area contributed by atoms with Crippen LogP contribution < -0.4 is 15.4 Å². The number of piperidine rings is 1. The van der Waals surface area contributed by atoms with Crippen LogP contribution in [0.5, 0.6) is 5.75 Å². The predicted octanol–water partition coefficient (Wildman–Crippen LogP) is 3.33. The molecule has 7 heteroatoms. The summed E-state index contributed by atoms with van der Waals surface area (Å²) in [7, 11) is 1.54. The lowest BCUT2D eigenvalue weighted by molar-refractivity contribution is -0.124. The smallest absolute Gasteiger partial charge is 0.255 e. The lowest BCUT2D eigenvalue weighted by Gasteiger charge is -2.33. The zero-order valence-corrected chi connectivity index (χ0v) is 19.7. The largest absolute Gasteiger partial charge is 0.496 e. The van der Waals surface area contributed by atoms with Gasteiger partial charge in [-0.05, 0) is 49.0 Å². The molecule has 32 heavy (non-hydrogen) atoms. The van der Waals surface area contributed by atoms with Crippen LogP contribution in [0.15, 0.2) is 54.6 Å². The fourth-order valence-corrected chi connectivity index (χ4v) is 4.42. The number of ether oxygens (including phenoxy) is 1. The van der Waals surface area contributed by atoms with Crippen LogP contribution in [0.2, 0.25) is 0 Å². The van der Waals surface area contributed by atoms with Crippen molar-refractivity contribution in [3.8, 4) is 5.75 Å². The lowest BCUT2D eigenvalue weighted by Crippen LogP contribution is -2.52. The fourth-order valence-electron chi connectivity index (χ4n) is 3.95. The molecule has 1 heterocycles. The molecular weight excluding hydrogens is 422 g/mol. The molecule has 1 aliphatic heterocycles. The summed E-state index contributed by atoms with van der Waals surface area (Å²) in [6, 6.07) is 17.1. The van der Waals surface area contributed by atoms with Crippen LogP contribution >= 0.6 is 11.8 Å². The van der Waals surface area contributed by atoms with Gasteiger partial charge in [0.1, 0.15) is 11.8 Å². The van der Waals surface area contributed by atoms with Crippen LogP contribution in [-0.2, 0) is 11.3 Å². The molecule has 0 saturated carbocycles. The third-order valence-electron chi connectivity index (χ3n) is 5.77. The summed E-state index contributed by atoms with van der Waals surface area (Å²) in [6.07, 6.45) is 4.41. The number of thioether (sulfide) groups is 1. The van der Waals surface area contributed by atoms with Gasteiger partial charge in [-0.1, -0.05) is 42.5 Å². The van der Waals surface area contributed by atoms with Gasteiger partial charge in [0.15, 0.2) is 0 Å². The summed E-state index contributed by atoms with van der Waals surface area (Å²) in [4.78, 5) is 28.3.